The van der Waals surface area contributed by atoms with E-state index in [0.717, 1.165) is 16.4 Å². The van der Waals surface area contributed by atoms with E-state index in [9.17, 15) is 4.79 Å². The zero-order valence-corrected chi connectivity index (χ0v) is 10.5. The van der Waals surface area contributed by atoms with Gasteiger partial charge < -0.3 is 9.84 Å². The van der Waals surface area contributed by atoms with Gasteiger partial charge in [-0.25, -0.2) is 9.78 Å². The van der Waals surface area contributed by atoms with Gasteiger partial charge in [0, 0.05) is 6.20 Å². The normalized spacial score (nSPS) is 10.0. The molecule has 0 aliphatic heterocycles. The second-order valence-electron chi connectivity index (χ2n) is 3.02. The number of pyridine rings is 1. The van der Waals surface area contributed by atoms with Gasteiger partial charge in [0.1, 0.15) is 0 Å². The maximum absolute atomic E-state index is 10.6. The number of carboxylic acids is 1. The second-order valence-corrected chi connectivity index (χ2v) is 4.18. The van der Waals surface area contributed by atoms with Crippen molar-refractivity contribution in [2.75, 3.05) is 6.61 Å². The van der Waals surface area contributed by atoms with Crippen LogP contribution in [0, 0.1) is 3.57 Å². The Morgan fingerprint density at radius 3 is 2.93 bits per heavy atom. The lowest BCUT2D eigenvalue weighted by molar-refractivity contribution is 0.0696. The van der Waals surface area contributed by atoms with E-state index in [-0.39, 0.29) is 5.56 Å². The molecule has 1 aromatic rings. The van der Waals surface area contributed by atoms with Crippen LogP contribution in [0.15, 0.2) is 12.3 Å². The molecule has 15 heavy (non-hydrogen) atoms. The minimum atomic E-state index is -0.972. The van der Waals surface area contributed by atoms with Crippen LogP contribution in [-0.2, 0) is 0 Å². The molecule has 1 heterocycles. The van der Waals surface area contributed by atoms with Crippen molar-refractivity contribution < 1.29 is 14.6 Å². The van der Waals surface area contributed by atoms with Crippen molar-refractivity contribution >= 4 is 28.6 Å². The van der Waals surface area contributed by atoms with E-state index in [0.29, 0.717) is 12.5 Å². The zero-order valence-electron chi connectivity index (χ0n) is 8.36. The number of hydrogen-bond donors (Lipinski definition) is 1. The van der Waals surface area contributed by atoms with Crippen LogP contribution in [0.5, 0.6) is 5.88 Å². The lowest BCUT2D eigenvalue weighted by atomic mass is 10.3. The van der Waals surface area contributed by atoms with Crippen molar-refractivity contribution in [2.45, 2.75) is 19.8 Å². The zero-order chi connectivity index (χ0) is 11.3. The molecule has 82 valence electrons. The monoisotopic (exact) mass is 321 g/mol. The maximum Gasteiger partial charge on any atom is 0.337 e. The number of unbranched alkanes of at least 4 members (excludes halogenated alkanes) is 1. The van der Waals surface area contributed by atoms with Crippen molar-refractivity contribution in [2.24, 2.45) is 0 Å². The number of ether oxygens (including phenoxy) is 1. The van der Waals surface area contributed by atoms with Crippen LogP contribution >= 0.6 is 22.6 Å². The molecule has 0 saturated heterocycles. The van der Waals surface area contributed by atoms with Crippen LogP contribution < -0.4 is 4.74 Å². The molecule has 1 aromatic heterocycles. The maximum atomic E-state index is 10.6. The largest absolute Gasteiger partial charge is 0.478 e. The minimum absolute atomic E-state index is 0.183. The molecule has 0 radical (unpaired) electrons. The van der Waals surface area contributed by atoms with Crippen LogP contribution in [0.25, 0.3) is 0 Å². The highest BCUT2D eigenvalue weighted by atomic mass is 127. The van der Waals surface area contributed by atoms with E-state index in [1.54, 1.807) is 6.07 Å². The summed E-state index contributed by atoms with van der Waals surface area (Å²) in [6, 6.07) is 1.55. The van der Waals surface area contributed by atoms with Crippen molar-refractivity contribution in [1.29, 1.82) is 0 Å². The third-order valence-corrected chi connectivity index (χ3v) is 2.56. The Morgan fingerprint density at radius 2 is 2.40 bits per heavy atom. The summed E-state index contributed by atoms with van der Waals surface area (Å²) in [4.78, 5) is 14.6. The predicted octanol–water partition coefficient (Wildman–Crippen LogP) is 2.56. The summed E-state index contributed by atoms with van der Waals surface area (Å²) in [7, 11) is 0. The number of carbonyl (C=O) groups is 1. The molecule has 0 amide bonds. The SMILES string of the molecule is CCCCOc1ncc(C(=O)O)cc1I. The Bertz CT molecular complexity index is 355. The van der Waals surface area contributed by atoms with Crippen molar-refractivity contribution in [3.05, 3.63) is 21.4 Å². The summed E-state index contributed by atoms with van der Waals surface area (Å²) in [6.07, 6.45) is 3.34. The minimum Gasteiger partial charge on any atom is -0.478 e. The first kappa shape index (κ1) is 12.2. The standard InChI is InChI=1S/C10H12INO3/c1-2-3-4-15-9-8(11)5-7(6-12-9)10(13)14/h5-6H,2-4H2,1H3,(H,13,14). The third kappa shape index (κ3) is 3.65. The fraction of sp³-hybridized carbons (Fsp3) is 0.400. The number of aromatic carboxylic acids is 1. The van der Waals surface area contributed by atoms with Crippen molar-refractivity contribution in [3.63, 3.8) is 0 Å². The summed E-state index contributed by atoms with van der Waals surface area (Å²) in [6.45, 7) is 2.70. The molecule has 4 nitrogen and oxygen atoms in total. The molecule has 0 unspecified atom stereocenters. The summed E-state index contributed by atoms with van der Waals surface area (Å²) in [5.74, 6) is -0.463. The number of halogens is 1. The number of nitrogens with zero attached hydrogens (tertiary/aromatic N) is 1. The van der Waals surface area contributed by atoms with Crippen LogP contribution in [0.3, 0.4) is 0 Å². The second kappa shape index (κ2) is 5.89. The average molecular weight is 321 g/mol. The van der Waals surface area contributed by atoms with E-state index in [4.69, 9.17) is 9.84 Å². The van der Waals surface area contributed by atoms with Gasteiger partial charge in [-0.05, 0) is 35.1 Å². The highest BCUT2D eigenvalue weighted by Gasteiger charge is 2.08. The van der Waals surface area contributed by atoms with Gasteiger partial charge in [0.25, 0.3) is 0 Å². The molecule has 1 rings (SSSR count). The van der Waals surface area contributed by atoms with Gasteiger partial charge in [0.15, 0.2) is 0 Å². The Labute approximate surface area is 102 Å². The Hall–Kier alpha value is -0.850. The number of hydrogen-bond acceptors (Lipinski definition) is 3. The fourth-order valence-electron chi connectivity index (χ4n) is 0.962. The summed E-state index contributed by atoms with van der Waals surface area (Å²) < 4.78 is 6.13. The molecule has 0 fully saturated rings. The van der Waals surface area contributed by atoms with Crippen molar-refractivity contribution in [1.82, 2.24) is 4.98 Å². The molecule has 0 spiro atoms. The van der Waals surface area contributed by atoms with Crippen LogP contribution in [0.2, 0.25) is 0 Å². The molecular weight excluding hydrogens is 309 g/mol. The lowest BCUT2D eigenvalue weighted by Gasteiger charge is -2.06. The van der Waals surface area contributed by atoms with E-state index < -0.39 is 5.97 Å². The third-order valence-electron chi connectivity index (χ3n) is 1.79. The smallest absolute Gasteiger partial charge is 0.337 e. The predicted molar refractivity (Wildman–Crippen MR) is 64.3 cm³/mol. The van der Waals surface area contributed by atoms with E-state index in [1.165, 1.54) is 6.20 Å². The lowest BCUT2D eigenvalue weighted by Crippen LogP contribution is -2.03. The molecule has 0 aromatic carbocycles. The van der Waals surface area contributed by atoms with Gasteiger partial charge in [0.05, 0.1) is 15.7 Å². The fourth-order valence-corrected chi connectivity index (χ4v) is 1.59. The first-order valence-electron chi connectivity index (χ1n) is 4.66. The summed E-state index contributed by atoms with van der Waals surface area (Å²) in [5, 5.41) is 8.73. The number of carboxylic acid groups (broad SMARTS) is 1. The van der Waals surface area contributed by atoms with Crippen LogP contribution in [0.4, 0.5) is 0 Å². The van der Waals surface area contributed by atoms with Gasteiger partial charge in [0.2, 0.25) is 5.88 Å². The van der Waals surface area contributed by atoms with Crippen molar-refractivity contribution in [3.8, 4) is 5.88 Å². The van der Waals surface area contributed by atoms with Gasteiger partial charge in [-0.3, -0.25) is 0 Å². The quantitative estimate of drug-likeness (QED) is 0.669. The highest BCUT2D eigenvalue weighted by Crippen LogP contribution is 2.19. The molecular formula is C10H12INO3. The molecule has 5 heteroatoms. The molecule has 0 bridgehead atoms. The summed E-state index contributed by atoms with van der Waals surface area (Å²) in [5.41, 5.74) is 0.183. The number of rotatable bonds is 5. The Balaban J connectivity index is 2.70. The van der Waals surface area contributed by atoms with E-state index in [2.05, 4.69) is 11.9 Å². The van der Waals surface area contributed by atoms with Gasteiger partial charge in [-0.2, -0.15) is 0 Å². The first-order valence-corrected chi connectivity index (χ1v) is 5.74. The Morgan fingerprint density at radius 1 is 1.67 bits per heavy atom. The molecule has 1 N–H and O–H groups in total. The molecule has 0 aliphatic rings. The van der Waals surface area contributed by atoms with Crippen LogP contribution in [0.1, 0.15) is 30.1 Å². The van der Waals surface area contributed by atoms with E-state index >= 15 is 0 Å². The van der Waals surface area contributed by atoms with Gasteiger partial charge in [-0.1, -0.05) is 13.3 Å². The topological polar surface area (TPSA) is 59.4 Å². The molecule has 0 saturated carbocycles. The van der Waals surface area contributed by atoms with Gasteiger partial charge in [-0.15, -0.1) is 0 Å². The average Bonchev–Trinajstić information content (AvgIpc) is 2.20. The van der Waals surface area contributed by atoms with Crippen LogP contribution in [-0.4, -0.2) is 22.7 Å². The molecule has 0 atom stereocenters. The molecule has 0 aliphatic carbocycles. The Kier molecular flexibility index (Phi) is 4.80. The van der Waals surface area contributed by atoms with Gasteiger partial charge >= 0.3 is 5.97 Å². The number of aromatic nitrogens is 1. The first-order chi connectivity index (χ1) is 7.15. The van der Waals surface area contributed by atoms with E-state index in [1.807, 2.05) is 22.6 Å². The highest BCUT2D eigenvalue weighted by molar-refractivity contribution is 14.1. The summed E-state index contributed by atoms with van der Waals surface area (Å²) >= 11 is 2.02.